The summed E-state index contributed by atoms with van der Waals surface area (Å²) < 4.78 is 0. The zero-order valence-corrected chi connectivity index (χ0v) is 12.4. The van der Waals surface area contributed by atoms with Gasteiger partial charge in [0.1, 0.15) is 0 Å². The molecule has 2 atom stereocenters. The number of halogens is 2. The molecule has 0 radical (unpaired) electrons. The number of hydrogen-bond donors (Lipinski definition) is 2. The van der Waals surface area contributed by atoms with Gasteiger partial charge in [-0.15, -0.1) is 0 Å². The number of carbonyl (C=O) groups excluding carboxylic acids is 1. The molecule has 0 spiro atoms. The van der Waals surface area contributed by atoms with Crippen molar-refractivity contribution < 1.29 is 15.0 Å². The van der Waals surface area contributed by atoms with E-state index in [4.69, 9.17) is 28.3 Å². The van der Waals surface area contributed by atoms with Crippen LogP contribution in [0.1, 0.15) is 24.5 Å². The van der Waals surface area contributed by atoms with E-state index >= 15 is 0 Å². The fourth-order valence-corrected chi connectivity index (χ4v) is 3.04. The molecule has 0 unspecified atom stereocenters. The van der Waals surface area contributed by atoms with Gasteiger partial charge in [-0.1, -0.05) is 23.2 Å². The number of amides is 1. The molecule has 6 heteroatoms. The van der Waals surface area contributed by atoms with Crippen LogP contribution in [-0.2, 0) is 4.79 Å². The predicted molar refractivity (Wildman–Crippen MR) is 77.8 cm³/mol. The summed E-state index contributed by atoms with van der Waals surface area (Å²) in [6.07, 6.45) is 0.289. The normalized spacial score (nSPS) is 20.2. The van der Waals surface area contributed by atoms with Crippen molar-refractivity contribution in [1.29, 1.82) is 0 Å². The highest BCUT2D eigenvalue weighted by atomic mass is 35.5. The number of rotatable bonds is 4. The van der Waals surface area contributed by atoms with Crippen molar-refractivity contribution in [3.8, 4) is 0 Å². The SMILES string of the molecule is O=C([C@@H](O)c1cc(Cl)cc(Cl)c1)N1CC[C@@H](CCO)C1. The molecule has 2 N–H and O–H groups in total. The highest BCUT2D eigenvalue weighted by molar-refractivity contribution is 6.34. The van der Waals surface area contributed by atoms with Crippen LogP contribution in [-0.4, -0.2) is 40.7 Å². The molecule has 1 amide bonds. The van der Waals surface area contributed by atoms with E-state index in [0.29, 0.717) is 41.0 Å². The smallest absolute Gasteiger partial charge is 0.256 e. The minimum absolute atomic E-state index is 0.124. The van der Waals surface area contributed by atoms with E-state index in [2.05, 4.69) is 0 Å². The minimum Gasteiger partial charge on any atom is -0.396 e. The minimum atomic E-state index is -1.25. The summed E-state index contributed by atoms with van der Waals surface area (Å²) in [7, 11) is 0. The predicted octanol–water partition coefficient (Wildman–Crippen LogP) is 2.26. The Kier molecular flexibility index (Phi) is 5.27. The summed E-state index contributed by atoms with van der Waals surface area (Å²) in [5.41, 5.74) is 0.401. The van der Waals surface area contributed by atoms with Gasteiger partial charge in [0.25, 0.3) is 5.91 Å². The van der Waals surface area contributed by atoms with E-state index in [0.717, 1.165) is 6.42 Å². The Morgan fingerprint density at radius 2 is 2.00 bits per heavy atom. The Hall–Kier alpha value is -0.810. The lowest BCUT2D eigenvalue weighted by Crippen LogP contribution is -2.33. The largest absolute Gasteiger partial charge is 0.396 e. The van der Waals surface area contributed by atoms with Crippen molar-refractivity contribution in [2.24, 2.45) is 5.92 Å². The zero-order chi connectivity index (χ0) is 14.7. The van der Waals surface area contributed by atoms with Crippen molar-refractivity contribution in [2.45, 2.75) is 18.9 Å². The molecule has 0 aromatic heterocycles. The third kappa shape index (κ3) is 3.64. The van der Waals surface area contributed by atoms with E-state index in [-0.39, 0.29) is 12.5 Å². The summed E-state index contributed by atoms with van der Waals surface area (Å²) >= 11 is 11.7. The van der Waals surface area contributed by atoms with Gasteiger partial charge in [-0.05, 0) is 42.5 Å². The highest BCUT2D eigenvalue weighted by Crippen LogP contribution is 2.27. The molecule has 1 heterocycles. The molecule has 0 bridgehead atoms. The average Bonchev–Trinajstić information content (AvgIpc) is 2.85. The van der Waals surface area contributed by atoms with Crippen LogP contribution < -0.4 is 0 Å². The lowest BCUT2D eigenvalue weighted by molar-refractivity contribution is -0.139. The van der Waals surface area contributed by atoms with Gasteiger partial charge in [-0.3, -0.25) is 4.79 Å². The standard InChI is InChI=1S/C14H17Cl2NO3/c15-11-5-10(6-12(16)7-11)13(19)14(20)17-3-1-9(8-17)2-4-18/h5-7,9,13,18-19H,1-4,8H2/t9-,13-/m0/s1. The molecule has 1 aliphatic rings. The number of benzene rings is 1. The second kappa shape index (κ2) is 6.76. The summed E-state index contributed by atoms with van der Waals surface area (Å²) in [4.78, 5) is 13.9. The van der Waals surface area contributed by atoms with Gasteiger partial charge in [0.05, 0.1) is 0 Å². The average molecular weight is 318 g/mol. The quantitative estimate of drug-likeness (QED) is 0.895. The third-order valence-electron chi connectivity index (χ3n) is 3.57. The molecular weight excluding hydrogens is 301 g/mol. The molecule has 1 aliphatic heterocycles. The van der Waals surface area contributed by atoms with Crippen LogP contribution in [0.2, 0.25) is 10.0 Å². The number of likely N-dealkylation sites (tertiary alicyclic amines) is 1. The van der Waals surface area contributed by atoms with E-state index in [1.165, 1.54) is 12.1 Å². The first kappa shape index (κ1) is 15.6. The Labute approximate surface area is 127 Å². The first-order valence-corrected chi connectivity index (χ1v) is 7.30. The van der Waals surface area contributed by atoms with Gasteiger partial charge in [-0.2, -0.15) is 0 Å². The van der Waals surface area contributed by atoms with Gasteiger partial charge in [0.15, 0.2) is 6.10 Å². The number of hydrogen-bond acceptors (Lipinski definition) is 3. The zero-order valence-electron chi connectivity index (χ0n) is 10.9. The lowest BCUT2D eigenvalue weighted by atomic mass is 10.1. The van der Waals surface area contributed by atoms with E-state index in [1.807, 2.05) is 0 Å². The van der Waals surface area contributed by atoms with Crippen LogP contribution in [0.15, 0.2) is 18.2 Å². The van der Waals surface area contributed by atoms with Gasteiger partial charge in [-0.25, -0.2) is 0 Å². The maximum Gasteiger partial charge on any atom is 0.256 e. The van der Waals surface area contributed by atoms with E-state index in [9.17, 15) is 9.90 Å². The van der Waals surface area contributed by atoms with Crippen molar-refractivity contribution in [2.75, 3.05) is 19.7 Å². The number of carbonyl (C=O) groups is 1. The Morgan fingerprint density at radius 3 is 2.60 bits per heavy atom. The molecule has 0 aliphatic carbocycles. The van der Waals surface area contributed by atoms with Crippen LogP contribution in [0.4, 0.5) is 0 Å². The molecule has 110 valence electrons. The second-order valence-electron chi connectivity index (χ2n) is 5.06. The fourth-order valence-electron chi connectivity index (χ4n) is 2.50. The number of nitrogens with zero attached hydrogens (tertiary/aromatic N) is 1. The number of aliphatic hydroxyl groups is 2. The highest BCUT2D eigenvalue weighted by Gasteiger charge is 2.30. The molecule has 4 nitrogen and oxygen atoms in total. The van der Waals surface area contributed by atoms with E-state index in [1.54, 1.807) is 11.0 Å². The topological polar surface area (TPSA) is 60.8 Å². The van der Waals surface area contributed by atoms with Crippen LogP contribution in [0, 0.1) is 5.92 Å². The van der Waals surface area contributed by atoms with E-state index < -0.39 is 6.10 Å². The molecule has 20 heavy (non-hydrogen) atoms. The Morgan fingerprint density at radius 1 is 1.35 bits per heavy atom. The lowest BCUT2D eigenvalue weighted by Gasteiger charge is -2.20. The molecule has 0 saturated carbocycles. The third-order valence-corrected chi connectivity index (χ3v) is 4.01. The first-order valence-electron chi connectivity index (χ1n) is 6.55. The Balaban J connectivity index is 2.05. The molecule has 1 fully saturated rings. The maximum atomic E-state index is 12.2. The Bertz CT molecular complexity index is 475. The van der Waals surface area contributed by atoms with Crippen molar-refractivity contribution >= 4 is 29.1 Å². The van der Waals surface area contributed by atoms with Gasteiger partial charge in [0, 0.05) is 29.7 Å². The van der Waals surface area contributed by atoms with Crippen molar-refractivity contribution in [3.05, 3.63) is 33.8 Å². The number of aliphatic hydroxyl groups excluding tert-OH is 2. The van der Waals surface area contributed by atoms with Gasteiger partial charge in [0.2, 0.25) is 0 Å². The summed E-state index contributed by atoms with van der Waals surface area (Å²) in [6.45, 7) is 1.30. The molecule has 2 rings (SSSR count). The summed E-state index contributed by atoms with van der Waals surface area (Å²) in [5, 5.41) is 19.9. The van der Waals surface area contributed by atoms with Gasteiger partial charge < -0.3 is 15.1 Å². The fraction of sp³-hybridized carbons (Fsp3) is 0.500. The van der Waals surface area contributed by atoms with Crippen LogP contribution in [0.3, 0.4) is 0 Å². The second-order valence-corrected chi connectivity index (χ2v) is 5.93. The van der Waals surface area contributed by atoms with Crippen LogP contribution >= 0.6 is 23.2 Å². The molecule has 1 aromatic rings. The summed E-state index contributed by atoms with van der Waals surface area (Å²) in [5.74, 6) is -0.0390. The monoisotopic (exact) mass is 317 g/mol. The molecule has 1 saturated heterocycles. The molecule has 1 aromatic carbocycles. The molecular formula is C14H17Cl2NO3. The van der Waals surface area contributed by atoms with Crippen molar-refractivity contribution in [1.82, 2.24) is 4.90 Å². The van der Waals surface area contributed by atoms with Gasteiger partial charge >= 0.3 is 0 Å². The van der Waals surface area contributed by atoms with Crippen LogP contribution in [0.25, 0.3) is 0 Å². The first-order chi connectivity index (χ1) is 9.51. The maximum absolute atomic E-state index is 12.2. The summed E-state index contributed by atoms with van der Waals surface area (Å²) in [6, 6.07) is 4.63. The van der Waals surface area contributed by atoms with Crippen molar-refractivity contribution in [3.63, 3.8) is 0 Å². The van der Waals surface area contributed by atoms with Crippen LogP contribution in [0.5, 0.6) is 0 Å².